The SMILES string of the molecule is CCC1CN(C(=O)C2CSCN2)CC(C)O1.Cl. The Morgan fingerprint density at radius 3 is 2.88 bits per heavy atom. The fourth-order valence-corrected chi connectivity index (χ4v) is 3.16. The van der Waals surface area contributed by atoms with Crippen LogP contribution in [0.4, 0.5) is 0 Å². The molecule has 3 atom stereocenters. The van der Waals surface area contributed by atoms with Crippen LogP contribution < -0.4 is 5.32 Å². The number of thioether (sulfide) groups is 1. The molecule has 2 saturated heterocycles. The molecule has 0 spiro atoms. The van der Waals surface area contributed by atoms with Gasteiger partial charge in [0.25, 0.3) is 0 Å². The molecule has 17 heavy (non-hydrogen) atoms. The van der Waals surface area contributed by atoms with Gasteiger partial charge >= 0.3 is 0 Å². The molecule has 1 amide bonds. The topological polar surface area (TPSA) is 41.6 Å². The smallest absolute Gasteiger partial charge is 0.240 e. The number of ether oxygens (including phenoxy) is 1. The van der Waals surface area contributed by atoms with Gasteiger partial charge in [-0.15, -0.1) is 24.2 Å². The van der Waals surface area contributed by atoms with Crippen molar-refractivity contribution in [2.24, 2.45) is 0 Å². The summed E-state index contributed by atoms with van der Waals surface area (Å²) >= 11 is 1.79. The van der Waals surface area contributed by atoms with Crippen molar-refractivity contribution in [2.45, 2.75) is 38.5 Å². The largest absolute Gasteiger partial charge is 0.372 e. The first kappa shape index (κ1) is 15.1. The first-order valence-electron chi connectivity index (χ1n) is 5.96. The average molecular weight is 281 g/mol. The van der Waals surface area contributed by atoms with E-state index in [1.54, 1.807) is 11.8 Å². The predicted molar refractivity (Wildman–Crippen MR) is 72.7 cm³/mol. The summed E-state index contributed by atoms with van der Waals surface area (Å²) in [4.78, 5) is 14.2. The van der Waals surface area contributed by atoms with Crippen molar-refractivity contribution in [3.8, 4) is 0 Å². The Kier molecular flexibility index (Phi) is 6.06. The average Bonchev–Trinajstić information content (AvgIpc) is 2.80. The number of carbonyl (C=O) groups excluding carboxylic acids is 1. The third-order valence-electron chi connectivity index (χ3n) is 3.11. The number of nitrogens with zero attached hydrogens (tertiary/aromatic N) is 1. The van der Waals surface area contributed by atoms with Gasteiger partial charge in [-0.1, -0.05) is 6.92 Å². The Hall–Kier alpha value is 0.0300. The first-order valence-corrected chi connectivity index (χ1v) is 7.11. The van der Waals surface area contributed by atoms with Gasteiger partial charge in [0, 0.05) is 24.7 Å². The van der Waals surface area contributed by atoms with Crippen LogP contribution in [0.1, 0.15) is 20.3 Å². The zero-order chi connectivity index (χ0) is 11.5. The van der Waals surface area contributed by atoms with Gasteiger partial charge in [0.05, 0.1) is 18.2 Å². The van der Waals surface area contributed by atoms with Crippen molar-refractivity contribution in [3.05, 3.63) is 0 Å². The number of amides is 1. The van der Waals surface area contributed by atoms with E-state index in [1.807, 2.05) is 11.8 Å². The van der Waals surface area contributed by atoms with Crippen LogP contribution in [0.5, 0.6) is 0 Å². The Bertz CT molecular complexity index is 262. The van der Waals surface area contributed by atoms with Gasteiger partial charge in [0.2, 0.25) is 5.91 Å². The molecule has 0 saturated carbocycles. The van der Waals surface area contributed by atoms with Crippen molar-refractivity contribution >= 4 is 30.1 Å². The van der Waals surface area contributed by atoms with Crippen molar-refractivity contribution in [2.75, 3.05) is 24.7 Å². The summed E-state index contributed by atoms with van der Waals surface area (Å²) in [5.41, 5.74) is 0. The van der Waals surface area contributed by atoms with Crippen LogP contribution in [0.25, 0.3) is 0 Å². The molecule has 6 heteroatoms. The second-order valence-corrected chi connectivity index (χ2v) is 5.52. The first-order chi connectivity index (χ1) is 7.70. The van der Waals surface area contributed by atoms with E-state index in [0.29, 0.717) is 0 Å². The molecular weight excluding hydrogens is 260 g/mol. The van der Waals surface area contributed by atoms with Crippen LogP contribution in [-0.4, -0.2) is 53.8 Å². The molecule has 1 N–H and O–H groups in total. The summed E-state index contributed by atoms with van der Waals surface area (Å²) in [6, 6.07) is 0.0211. The summed E-state index contributed by atoms with van der Waals surface area (Å²) in [6.45, 7) is 5.63. The van der Waals surface area contributed by atoms with Crippen LogP contribution in [0.2, 0.25) is 0 Å². The van der Waals surface area contributed by atoms with E-state index in [2.05, 4.69) is 12.2 Å². The van der Waals surface area contributed by atoms with Crippen molar-refractivity contribution in [3.63, 3.8) is 0 Å². The normalized spacial score (nSPS) is 33.3. The van der Waals surface area contributed by atoms with Gasteiger partial charge in [0.15, 0.2) is 0 Å². The number of hydrogen-bond acceptors (Lipinski definition) is 4. The Balaban J connectivity index is 0.00000144. The van der Waals surface area contributed by atoms with Gasteiger partial charge in [-0.2, -0.15) is 0 Å². The van der Waals surface area contributed by atoms with E-state index in [9.17, 15) is 4.79 Å². The van der Waals surface area contributed by atoms with E-state index in [1.165, 1.54) is 0 Å². The van der Waals surface area contributed by atoms with Crippen molar-refractivity contribution < 1.29 is 9.53 Å². The van der Waals surface area contributed by atoms with Gasteiger partial charge < -0.3 is 9.64 Å². The highest BCUT2D eigenvalue weighted by molar-refractivity contribution is 7.99. The molecule has 0 aliphatic carbocycles. The number of carbonyl (C=O) groups is 1. The number of hydrogen-bond donors (Lipinski definition) is 1. The summed E-state index contributed by atoms with van der Waals surface area (Å²) in [7, 11) is 0. The molecule has 100 valence electrons. The lowest BCUT2D eigenvalue weighted by Gasteiger charge is -2.37. The zero-order valence-electron chi connectivity index (χ0n) is 10.3. The highest BCUT2D eigenvalue weighted by Gasteiger charge is 2.32. The molecule has 2 heterocycles. The molecule has 2 fully saturated rings. The maximum Gasteiger partial charge on any atom is 0.240 e. The van der Waals surface area contributed by atoms with Crippen LogP contribution in [-0.2, 0) is 9.53 Å². The van der Waals surface area contributed by atoms with E-state index < -0.39 is 0 Å². The molecule has 2 rings (SSSR count). The minimum Gasteiger partial charge on any atom is -0.372 e. The molecular formula is C11H21ClN2O2S. The number of halogens is 1. The highest BCUT2D eigenvalue weighted by atomic mass is 35.5. The van der Waals surface area contributed by atoms with Gasteiger partial charge in [0.1, 0.15) is 0 Å². The molecule has 0 bridgehead atoms. The molecule has 0 aromatic heterocycles. The standard InChI is InChI=1S/C11H20N2O2S.ClH/c1-3-9-5-13(4-8(2)15-9)11(14)10-6-16-7-12-10;/h8-10,12H,3-7H2,1-2H3;1H. The molecule has 3 unspecified atom stereocenters. The third kappa shape index (κ3) is 3.74. The van der Waals surface area contributed by atoms with E-state index in [-0.39, 0.29) is 36.6 Å². The van der Waals surface area contributed by atoms with Gasteiger partial charge in [-0.05, 0) is 13.3 Å². The van der Waals surface area contributed by atoms with E-state index >= 15 is 0 Å². The number of morpholine rings is 1. The van der Waals surface area contributed by atoms with Crippen LogP contribution in [0.3, 0.4) is 0 Å². The number of nitrogens with one attached hydrogen (secondary N) is 1. The van der Waals surface area contributed by atoms with Gasteiger partial charge in [-0.25, -0.2) is 0 Å². The molecule has 0 radical (unpaired) electrons. The molecule has 2 aliphatic rings. The minimum atomic E-state index is 0. The summed E-state index contributed by atoms with van der Waals surface area (Å²) < 4.78 is 5.76. The Labute approximate surface area is 113 Å². The van der Waals surface area contributed by atoms with Crippen LogP contribution in [0.15, 0.2) is 0 Å². The Morgan fingerprint density at radius 1 is 1.53 bits per heavy atom. The van der Waals surface area contributed by atoms with Gasteiger partial charge in [-0.3, -0.25) is 10.1 Å². The lowest BCUT2D eigenvalue weighted by atomic mass is 10.1. The fourth-order valence-electron chi connectivity index (χ4n) is 2.22. The van der Waals surface area contributed by atoms with Crippen LogP contribution >= 0.6 is 24.2 Å². The third-order valence-corrected chi connectivity index (χ3v) is 4.05. The monoisotopic (exact) mass is 280 g/mol. The summed E-state index contributed by atoms with van der Waals surface area (Å²) in [6.07, 6.45) is 1.35. The quantitative estimate of drug-likeness (QED) is 0.822. The minimum absolute atomic E-state index is 0. The zero-order valence-corrected chi connectivity index (χ0v) is 12.0. The van der Waals surface area contributed by atoms with Crippen LogP contribution in [0, 0.1) is 0 Å². The second kappa shape index (κ2) is 6.83. The molecule has 0 aromatic rings. The van der Waals surface area contributed by atoms with Crippen molar-refractivity contribution in [1.29, 1.82) is 0 Å². The number of rotatable bonds is 2. The molecule has 0 aromatic carbocycles. The maximum atomic E-state index is 12.2. The van der Waals surface area contributed by atoms with E-state index in [4.69, 9.17) is 4.74 Å². The maximum absolute atomic E-state index is 12.2. The second-order valence-electron chi connectivity index (χ2n) is 4.49. The lowest BCUT2D eigenvalue weighted by molar-refractivity contribution is -0.145. The summed E-state index contributed by atoms with van der Waals surface area (Å²) in [5, 5.41) is 3.23. The fraction of sp³-hybridized carbons (Fsp3) is 0.909. The summed E-state index contributed by atoms with van der Waals surface area (Å²) in [5.74, 6) is 2.05. The predicted octanol–water partition coefficient (Wildman–Crippen LogP) is 1.10. The van der Waals surface area contributed by atoms with Crippen molar-refractivity contribution in [1.82, 2.24) is 10.2 Å². The van der Waals surface area contributed by atoms with E-state index in [0.717, 1.165) is 31.1 Å². The molecule has 2 aliphatic heterocycles. The molecule has 4 nitrogen and oxygen atoms in total. The highest BCUT2D eigenvalue weighted by Crippen LogP contribution is 2.17. The lowest BCUT2D eigenvalue weighted by Crippen LogP contribution is -2.54. The Morgan fingerprint density at radius 2 is 2.29 bits per heavy atom.